The minimum Gasteiger partial charge on any atom is -0.493 e. The lowest BCUT2D eigenvalue weighted by Gasteiger charge is -2.37. The molecule has 0 radical (unpaired) electrons. The van der Waals surface area contributed by atoms with Gasteiger partial charge in [-0.3, -0.25) is 4.79 Å². The summed E-state index contributed by atoms with van der Waals surface area (Å²) in [5, 5.41) is 4.02. The third-order valence-corrected chi connectivity index (χ3v) is 6.22. The molecule has 1 aromatic carbocycles. The van der Waals surface area contributed by atoms with Gasteiger partial charge in [0.1, 0.15) is 17.1 Å². The third kappa shape index (κ3) is 3.99. The van der Waals surface area contributed by atoms with Gasteiger partial charge in [-0.15, -0.1) is 0 Å². The van der Waals surface area contributed by atoms with Gasteiger partial charge >= 0.3 is 0 Å². The first kappa shape index (κ1) is 22.3. The summed E-state index contributed by atoms with van der Waals surface area (Å²) in [5.41, 5.74) is 1.51. The summed E-state index contributed by atoms with van der Waals surface area (Å²) >= 11 is 0. The number of amides is 1. The number of nitrogens with zero attached hydrogens (tertiary/aromatic N) is 2. The molecular formula is C24H27N3O7. The Morgan fingerprint density at radius 3 is 2.32 bits per heavy atom. The van der Waals surface area contributed by atoms with E-state index in [9.17, 15) is 4.79 Å². The molecule has 5 rings (SSSR count). The number of hydrogen-bond donors (Lipinski definition) is 1. The highest BCUT2D eigenvalue weighted by atomic mass is 16.7. The van der Waals surface area contributed by atoms with E-state index in [4.69, 9.17) is 28.1 Å². The monoisotopic (exact) mass is 469 g/mol. The minimum atomic E-state index is -0.547. The van der Waals surface area contributed by atoms with Crippen molar-refractivity contribution in [3.05, 3.63) is 36.2 Å². The van der Waals surface area contributed by atoms with Crippen LogP contribution in [0.4, 0.5) is 11.5 Å². The van der Waals surface area contributed by atoms with Crippen LogP contribution in [0.25, 0.3) is 11.0 Å². The van der Waals surface area contributed by atoms with Gasteiger partial charge in [0.25, 0.3) is 5.91 Å². The second-order valence-electron chi connectivity index (χ2n) is 8.13. The SMILES string of the molecule is COc1cc(Nc2nc(C(=O)N3CCC4(CC3)OCCO4)cc3occc23)cc(OC)c1OC. The molecule has 0 unspecified atom stereocenters. The summed E-state index contributed by atoms with van der Waals surface area (Å²) in [6, 6.07) is 7.02. The first-order valence-corrected chi connectivity index (χ1v) is 11.1. The van der Waals surface area contributed by atoms with Crippen molar-refractivity contribution in [1.29, 1.82) is 0 Å². The number of methoxy groups -OCH3 is 3. The predicted octanol–water partition coefficient (Wildman–Crippen LogP) is 3.58. The van der Waals surface area contributed by atoms with Crippen LogP contribution >= 0.6 is 0 Å². The highest BCUT2D eigenvalue weighted by Crippen LogP contribution is 2.41. The largest absolute Gasteiger partial charge is 0.493 e. The van der Waals surface area contributed by atoms with E-state index in [-0.39, 0.29) is 5.91 Å². The summed E-state index contributed by atoms with van der Waals surface area (Å²) in [7, 11) is 4.65. The lowest BCUT2D eigenvalue weighted by atomic mass is 10.0. The van der Waals surface area contributed by atoms with Gasteiger partial charge in [-0.25, -0.2) is 4.98 Å². The molecule has 2 aliphatic heterocycles. The van der Waals surface area contributed by atoms with Crippen molar-refractivity contribution in [2.75, 3.05) is 52.9 Å². The normalized spacial score (nSPS) is 17.2. The quantitative estimate of drug-likeness (QED) is 0.580. The number of likely N-dealkylation sites (tertiary alicyclic amines) is 1. The molecule has 10 nitrogen and oxygen atoms in total. The van der Waals surface area contributed by atoms with Crippen LogP contribution in [0, 0.1) is 0 Å². The number of aromatic nitrogens is 1. The van der Waals surface area contributed by atoms with Crippen LogP contribution in [-0.2, 0) is 9.47 Å². The van der Waals surface area contributed by atoms with Crippen LogP contribution in [0.2, 0.25) is 0 Å². The number of ether oxygens (including phenoxy) is 5. The van der Waals surface area contributed by atoms with Gasteiger partial charge < -0.3 is 38.3 Å². The molecule has 180 valence electrons. The smallest absolute Gasteiger partial charge is 0.272 e. The molecular weight excluding hydrogens is 442 g/mol. The van der Waals surface area contributed by atoms with Crippen LogP contribution in [0.5, 0.6) is 17.2 Å². The van der Waals surface area contributed by atoms with Gasteiger partial charge in [0.15, 0.2) is 17.3 Å². The Hall–Kier alpha value is -3.50. The van der Waals surface area contributed by atoms with Crippen LogP contribution < -0.4 is 19.5 Å². The average molecular weight is 469 g/mol. The maximum Gasteiger partial charge on any atom is 0.272 e. The van der Waals surface area contributed by atoms with Crippen LogP contribution in [-0.4, -0.2) is 69.2 Å². The van der Waals surface area contributed by atoms with Gasteiger partial charge in [0, 0.05) is 49.8 Å². The van der Waals surface area contributed by atoms with E-state index in [1.54, 1.807) is 56.8 Å². The Morgan fingerprint density at radius 1 is 1.03 bits per heavy atom. The highest BCUT2D eigenvalue weighted by molar-refractivity contribution is 5.99. The van der Waals surface area contributed by atoms with Crippen LogP contribution in [0.1, 0.15) is 23.3 Å². The molecule has 2 aliphatic rings. The van der Waals surface area contributed by atoms with Gasteiger partial charge in [0.05, 0.1) is 46.2 Å². The summed E-state index contributed by atoms with van der Waals surface area (Å²) in [5.74, 6) is 1.25. The van der Waals surface area contributed by atoms with Crippen molar-refractivity contribution in [3.8, 4) is 17.2 Å². The molecule has 1 N–H and O–H groups in total. The summed E-state index contributed by atoms with van der Waals surface area (Å²) in [4.78, 5) is 19.7. The lowest BCUT2D eigenvalue weighted by molar-refractivity contribution is -0.181. The first-order chi connectivity index (χ1) is 16.6. The Kier molecular flexibility index (Phi) is 5.93. The number of hydrogen-bond acceptors (Lipinski definition) is 9. The molecule has 10 heteroatoms. The van der Waals surface area contributed by atoms with Crippen molar-refractivity contribution in [3.63, 3.8) is 0 Å². The van der Waals surface area contributed by atoms with Crippen molar-refractivity contribution >= 4 is 28.4 Å². The van der Waals surface area contributed by atoms with E-state index in [0.717, 1.165) is 5.39 Å². The molecule has 0 bridgehead atoms. The number of fused-ring (bicyclic) bond motifs is 1. The molecule has 1 amide bonds. The molecule has 0 aliphatic carbocycles. The average Bonchev–Trinajstić information content (AvgIpc) is 3.53. The number of anilines is 2. The van der Waals surface area contributed by atoms with Crippen molar-refractivity contribution < 1.29 is 32.9 Å². The molecule has 4 heterocycles. The summed E-state index contributed by atoms with van der Waals surface area (Å²) in [6.45, 7) is 2.26. The molecule has 0 atom stereocenters. The fourth-order valence-corrected chi connectivity index (χ4v) is 4.46. The molecule has 3 aromatic rings. The fourth-order valence-electron chi connectivity index (χ4n) is 4.46. The number of carbonyl (C=O) groups is 1. The first-order valence-electron chi connectivity index (χ1n) is 11.1. The van der Waals surface area contributed by atoms with Crippen molar-refractivity contribution in [2.24, 2.45) is 0 Å². The third-order valence-electron chi connectivity index (χ3n) is 6.22. The number of nitrogens with one attached hydrogen (secondary N) is 1. The van der Waals surface area contributed by atoms with Crippen LogP contribution in [0.15, 0.2) is 34.9 Å². The topological polar surface area (TPSA) is 105 Å². The maximum atomic E-state index is 13.3. The van der Waals surface area contributed by atoms with Gasteiger partial charge in [-0.1, -0.05) is 0 Å². The van der Waals surface area contributed by atoms with E-state index in [2.05, 4.69) is 10.3 Å². The van der Waals surface area contributed by atoms with E-state index in [0.29, 0.717) is 79.2 Å². The lowest BCUT2D eigenvalue weighted by Crippen LogP contribution is -2.47. The Labute approximate surface area is 196 Å². The second kappa shape index (κ2) is 9.03. The standard InChI is InChI=1S/C24H27N3O7/c1-29-19-12-15(13-20(30-2)21(19)31-3)25-22-16-4-9-32-18(16)14-17(26-22)23(28)27-7-5-24(6-8-27)33-10-11-34-24/h4,9,12-14H,5-8,10-11H2,1-3H3,(H,25,26). The molecule has 34 heavy (non-hydrogen) atoms. The van der Waals surface area contributed by atoms with E-state index < -0.39 is 5.79 Å². The maximum absolute atomic E-state index is 13.3. The summed E-state index contributed by atoms with van der Waals surface area (Å²) < 4.78 is 33.4. The molecule has 2 fully saturated rings. The fraction of sp³-hybridized carbons (Fsp3) is 0.417. The highest BCUT2D eigenvalue weighted by Gasteiger charge is 2.41. The predicted molar refractivity (Wildman–Crippen MR) is 123 cm³/mol. The Balaban J connectivity index is 1.43. The number of furan rings is 1. The van der Waals surface area contributed by atoms with Gasteiger partial charge in [0.2, 0.25) is 5.75 Å². The van der Waals surface area contributed by atoms with E-state index >= 15 is 0 Å². The minimum absolute atomic E-state index is 0.168. The second-order valence-corrected chi connectivity index (χ2v) is 8.13. The number of piperidine rings is 1. The number of pyridine rings is 1. The Bertz CT molecular complexity index is 1170. The molecule has 1 spiro atoms. The van der Waals surface area contributed by atoms with Crippen molar-refractivity contribution in [1.82, 2.24) is 9.88 Å². The van der Waals surface area contributed by atoms with E-state index in [1.807, 2.05) is 0 Å². The molecule has 2 aromatic heterocycles. The number of benzene rings is 1. The Morgan fingerprint density at radius 2 is 1.71 bits per heavy atom. The number of carbonyl (C=O) groups excluding carboxylic acids is 1. The van der Waals surface area contributed by atoms with Gasteiger partial charge in [-0.2, -0.15) is 0 Å². The van der Waals surface area contributed by atoms with E-state index in [1.165, 1.54) is 0 Å². The zero-order valence-corrected chi connectivity index (χ0v) is 19.4. The molecule has 0 saturated carbocycles. The zero-order chi connectivity index (χ0) is 23.7. The van der Waals surface area contributed by atoms with Crippen LogP contribution in [0.3, 0.4) is 0 Å². The van der Waals surface area contributed by atoms with Crippen molar-refractivity contribution in [2.45, 2.75) is 18.6 Å². The van der Waals surface area contributed by atoms with Gasteiger partial charge in [-0.05, 0) is 6.07 Å². The zero-order valence-electron chi connectivity index (χ0n) is 19.4. The summed E-state index contributed by atoms with van der Waals surface area (Å²) in [6.07, 6.45) is 2.84. The number of rotatable bonds is 6. The molecule has 2 saturated heterocycles.